The maximum atomic E-state index is 12.4. The van der Waals surface area contributed by atoms with E-state index in [1.165, 1.54) is 6.33 Å². The quantitative estimate of drug-likeness (QED) is 0.779. The molecule has 0 spiro atoms. The summed E-state index contributed by atoms with van der Waals surface area (Å²) in [4.78, 5) is 34.9. The fourth-order valence-corrected chi connectivity index (χ4v) is 3.29. The van der Waals surface area contributed by atoms with Crippen molar-refractivity contribution < 1.29 is 14.3 Å². The van der Waals surface area contributed by atoms with E-state index in [1.54, 1.807) is 0 Å². The van der Waals surface area contributed by atoms with Crippen LogP contribution in [0, 0.1) is 0 Å². The molecule has 2 amide bonds. The first-order valence-electron chi connectivity index (χ1n) is 8.92. The first kappa shape index (κ1) is 17.6. The van der Waals surface area contributed by atoms with Crippen LogP contribution in [-0.4, -0.2) is 59.0 Å². The van der Waals surface area contributed by atoms with Crippen LogP contribution in [0.5, 0.6) is 5.88 Å². The summed E-state index contributed by atoms with van der Waals surface area (Å²) in [5.74, 6) is 0.392. The van der Waals surface area contributed by atoms with Crippen LogP contribution in [0.1, 0.15) is 37.4 Å². The van der Waals surface area contributed by atoms with E-state index < -0.39 is 6.04 Å². The Kier molecular flexibility index (Phi) is 5.80. The molecule has 2 aliphatic heterocycles. The molecule has 0 radical (unpaired) electrons. The average molecular weight is 347 g/mol. The summed E-state index contributed by atoms with van der Waals surface area (Å²) in [6.07, 6.45) is 4.88. The molecule has 1 unspecified atom stereocenters. The molecule has 2 aliphatic rings. The summed E-state index contributed by atoms with van der Waals surface area (Å²) in [6.45, 7) is 4.73. The van der Waals surface area contributed by atoms with Gasteiger partial charge in [0.1, 0.15) is 12.4 Å². The maximum Gasteiger partial charge on any atom is 0.242 e. The predicted octanol–water partition coefficient (Wildman–Crippen LogP) is 0.0183. The third kappa shape index (κ3) is 4.45. The lowest BCUT2D eigenvalue weighted by Crippen LogP contribution is -2.49. The summed E-state index contributed by atoms with van der Waals surface area (Å²) in [5.41, 5.74) is 1.94. The fourth-order valence-electron chi connectivity index (χ4n) is 3.29. The molecular weight excluding hydrogens is 322 g/mol. The zero-order valence-electron chi connectivity index (χ0n) is 14.6. The minimum absolute atomic E-state index is 0.0816. The lowest BCUT2D eigenvalue weighted by atomic mass is 10.1. The lowest BCUT2D eigenvalue weighted by Gasteiger charge is -2.28. The van der Waals surface area contributed by atoms with Gasteiger partial charge in [-0.2, -0.15) is 0 Å². The number of aromatic nitrogens is 2. The number of carbonyl (C=O) groups excluding carboxylic acids is 2. The SMILES string of the molecule is CCOc1ncnc2c1CN(CC(=O)NC1CCCCNC1=O)CC2. The molecule has 136 valence electrons. The molecule has 0 saturated carbocycles. The Labute approximate surface area is 147 Å². The van der Waals surface area contributed by atoms with Crippen LogP contribution in [0.15, 0.2) is 6.33 Å². The van der Waals surface area contributed by atoms with Gasteiger partial charge in [0.2, 0.25) is 17.7 Å². The van der Waals surface area contributed by atoms with Gasteiger partial charge in [-0.15, -0.1) is 0 Å². The minimum Gasteiger partial charge on any atom is -0.478 e. The molecule has 8 heteroatoms. The van der Waals surface area contributed by atoms with Gasteiger partial charge in [-0.1, -0.05) is 0 Å². The fraction of sp³-hybridized carbons (Fsp3) is 0.647. The predicted molar refractivity (Wildman–Crippen MR) is 91.0 cm³/mol. The van der Waals surface area contributed by atoms with Crippen LogP contribution < -0.4 is 15.4 Å². The number of rotatable bonds is 5. The molecule has 0 aromatic carbocycles. The highest BCUT2D eigenvalue weighted by Gasteiger charge is 2.26. The van der Waals surface area contributed by atoms with E-state index in [0.29, 0.717) is 32.0 Å². The summed E-state index contributed by atoms with van der Waals surface area (Å²) >= 11 is 0. The van der Waals surface area contributed by atoms with Crippen LogP contribution in [0.3, 0.4) is 0 Å². The molecule has 2 N–H and O–H groups in total. The number of ether oxygens (including phenoxy) is 1. The Hall–Kier alpha value is -2.22. The Morgan fingerprint density at radius 2 is 2.32 bits per heavy atom. The summed E-state index contributed by atoms with van der Waals surface area (Å²) in [5, 5.41) is 5.70. The number of fused-ring (bicyclic) bond motifs is 1. The molecule has 3 heterocycles. The molecular formula is C17H25N5O3. The summed E-state index contributed by atoms with van der Waals surface area (Å²) in [7, 11) is 0. The second kappa shape index (κ2) is 8.24. The van der Waals surface area contributed by atoms with Crippen molar-refractivity contribution in [2.24, 2.45) is 0 Å². The van der Waals surface area contributed by atoms with Crippen LogP contribution in [0.25, 0.3) is 0 Å². The van der Waals surface area contributed by atoms with Crippen molar-refractivity contribution in [2.45, 2.75) is 45.2 Å². The molecule has 25 heavy (non-hydrogen) atoms. The number of nitrogens with one attached hydrogen (secondary N) is 2. The number of hydrogen-bond donors (Lipinski definition) is 2. The summed E-state index contributed by atoms with van der Waals surface area (Å²) in [6, 6.07) is -0.422. The van der Waals surface area contributed by atoms with E-state index >= 15 is 0 Å². The molecule has 1 fully saturated rings. The van der Waals surface area contributed by atoms with E-state index in [9.17, 15) is 9.59 Å². The summed E-state index contributed by atoms with van der Waals surface area (Å²) < 4.78 is 5.58. The molecule has 0 bridgehead atoms. The van der Waals surface area contributed by atoms with Crippen molar-refractivity contribution in [1.29, 1.82) is 0 Å². The first-order valence-corrected chi connectivity index (χ1v) is 8.92. The van der Waals surface area contributed by atoms with Crippen LogP contribution >= 0.6 is 0 Å². The molecule has 1 atom stereocenters. The van der Waals surface area contributed by atoms with E-state index in [4.69, 9.17) is 4.74 Å². The van der Waals surface area contributed by atoms with Crippen LogP contribution in [0.2, 0.25) is 0 Å². The van der Waals surface area contributed by atoms with Gasteiger partial charge < -0.3 is 15.4 Å². The number of hydrogen-bond acceptors (Lipinski definition) is 6. The van der Waals surface area contributed by atoms with Gasteiger partial charge in [0, 0.05) is 31.6 Å². The minimum atomic E-state index is -0.422. The van der Waals surface area contributed by atoms with E-state index in [1.807, 2.05) is 11.8 Å². The van der Waals surface area contributed by atoms with Gasteiger partial charge in [-0.25, -0.2) is 9.97 Å². The first-order chi connectivity index (χ1) is 12.2. The monoisotopic (exact) mass is 347 g/mol. The number of nitrogens with zero attached hydrogens (tertiary/aromatic N) is 3. The van der Waals surface area contributed by atoms with Crippen molar-refractivity contribution in [3.05, 3.63) is 17.6 Å². The van der Waals surface area contributed by atoms with E-state index in [2.05, 4.69) is 20.6 Å². The number of carbonyl (C=O) groups is 2. The van der Waals surface area contributed by atoms with E-state index in [0.717, 1.165) is 37.1 Å². The standard InChI is InChI=1S/C17H25N5O3/c1-2-25-17-12-9-22(8-6-13(12)19-11-20-17)10-15(23)21-14-5-3-4-7-18-16(14)24/h11,14H,2-10H2,1H3,(H,18,24)(H,21,23). The van der Waals surface area contributed by atoms with Crippen molar-refractivity contribution in [3.63, 3.8) is 0 Å². The highest BCUT2D eigenvalue weighted by Crippen LogP contribution is 2.24. The van der Waals surface area contributed by atoms with Gasteiger partial charge in [0.15, 0.2) is 0 Å². The number of amides is 2. The molecule has 1 saturated heterocycles. The zero-order valence-corrected chi connectivity index (χ0v) is 14.6. The lowest BCUT2D eigenvalue weighted by molar-refractivity contribution is -0.129. The molecule has 1 aromatic rings. The van der Waals surface area contributed by atoms with Crippen molar-refractivity contribution in [3.8, 4) is 5.88 Å². The van der Waals surface area contributed by atoms with Gasteiger partial charge in [0.25, 0.3) is 0 Å². The van der Waals surface area contributed by atoms with Gasteiger partial charge in [-0.05, 0) is 26.2 Å². The molecule has 3 rings (SSSR count). The third-order valence-corrected chi connectivity index (χ3v) is 4.56. The van der Waals surface area contributed by atoms with Gasteiger partial charge in [-0.3, -0.25) is 14.5 Å². The Morgan fingerprint density at radius 1 is 1.44 bits per heavy atom. The third-order valence-electron chi connectivity index (χ3n) is 4.56. The van der Waals surface area contributed by atoms with Crippen molar-refractivity contribution in [2.75, 3.05) is 26.2 Å². The van der Waals surface area contributed by atoms with Crippen LogP contribution in [0.4, 0.5) is 0 Å². The second-order valence-electron chi connectivity index (χ2n) is 6.40. The highest BCUT2D eigenvalue weighted by atomic mass is 16.5. The molecule has 0 aliphatic carbocycles. The van der Waals surface area contributed by atoms with Gasteiger partial charge in [0.05, 0.1) is 18.8 Å². The second-order valence-corrected chi connectivity index (χ2v) is 6.40. The van der Waals surface area contributed by atoms with Gasteiger partial charge >= 0.3 is 0 Å². The largest absolute Gasteiger partial charge is 0.478 e. The topological polar surface area (TPSA) is 96.5 Å². The van der Waals surface area contributed by atoms with Crippen molar-refractivity contribution in [1.82, 2.24) is 25.5 Å². The highest BCUT2D eigenvalue weighted by molar-refractivity contribution is 5.88. The van der Waals surface area contributed by atoms with Crippen molar-refractivity contribution >= 4 is 11.8 Å². The molecule has 8 nitrogen and oxygen atoms in total. The Bertz CT molecular complexity index is 637. The van der Waals surface area contributed by atoms with E-state index in [-0.39, 0.29) is 18.4 Å². The molecule has 1 aromatic heterocycles. The Balaban J connectivity index is 1.59. The smallest absolute Gasteiger partial charge is 0.242 e. The van der Waals surface area contributed by atoms with Crippen LogP contribution in [-0.2, 0) is 22.6 Å². The maximum absolute atomic E-state index is 12.4. The zero-order chi connectivity index (χ0) is 17.6. The average Bonchev–Trinajstić information content (AvgIpc) is 2.80. The normalized spacial score (nSPS) is 21.0. The Morgan fingerprint density at radius 3 is 3.16 bits per heavy atom.